The van der Waals surface area contributed by atoms with E-state index in [1.165, 1.54) is 11.1 Å². The molecule has 23 heavy (non-hydrogen) atoms. The first-order valence-electron chi connectivity index (χ1n) is 8.38. The maximum absolute atomic E-state index is 4.80. The smallest absolute Gasteiger partial charge is 0.121 e. The fourth-order valence-electron chi connectivity index (χ4n) is 2.50. The highest BCUT2D eigenvalue weighted by atomic mass is 15.2. The van der Waals surface area contributed by atoms with Crippen molar-refractivity contribution in [3.63, 3.8) is 0 Å². The van der Waals surface area contributed by atoms with E-state index < -0.39 is 0 Å². The normalized spacial score (nSPS) is 16.5. The molecule has 1 N–H and O–H groups in total. The second kappa shape index (κ2) is 9.34. The zero-order chi connectivity index (χ0) is 17.4. The van der Waals surface area contributed by atoms with E-state index in [0.29, 0.717) is 0 Å². The topological polar surface area (TPSA) is 27.6 Å². The number of hydrogen-bond donors (Lipinski definition) is 1. The third-order valence-corrected chi connectivity index (χ3v) is 3.89. The third-order valence-electron chi connectivity index (χ3n) is 3.89. The lowest BCUT2D eigenvalue weighted by Gasteiger charge is -2.24. The second-order valence-corrected chi connectivity index (χ2v) is 6.22. The van der Waals surface area contributed by atoms with Crippen LogP contribution in [0.3, 0.4) is 0 Å². The molecule has 1 heterocycles. The number of rotatable bonds is 7. The highest BCUT2D eigenvalue weighted by molar-refractivity contribution is 5.89. The van der Waals surface area contributed by atoms with E-state index in [0.717, 1.165) is 48.7 Å². The Morgan fingerprint density at radius 1 is 1.30 bits per heavy atom. The van der Waals surface area contributed by atoms with Gasteiger partial charge in [0.25, 0.3) is 0 Å². The van der Waals surface area contributed by atoms with E-state index in [-0.39, 0.29) is 0 Å². The molecule has 0 atom stereocenters. The summed E-state index contributed by atoms with van der Waals surface area (Å²) in [5, 5.41) is 3.36. The van der Waals surface area contributed by atoms with Crippen molar-refractivity contribution in [3.8, 4) is 0 Å². The Bertz CT molecular complexity index is 596. The Kier molecular flexibility index (Phi) is 7.80. The molecule has 0 unspecified atom stereocenters. The maximum Gasteiger partial charge on any atom is 0.121 e. The van der Waals surface area contributed by atoms with Crippen LogP contribution < -0.4 is 5.32 Å². The molecule has 126 valence electrons. The first-order valence-corrected chi connectivity index (χ1v) is 8.38. The first kappa shape index (κ1) is 19.2. The fraction of sp³-hybridized carbons (Fsp3) is 0.500. The quantitative estimate of drug-likeness (QED) is 0.550. The summed E-state index contributed by atoms with van der Waals surface area (Å²) < 4.78 is 0. The van der Waals surface area contributed by atoms with Crippen LogP contribution in [0.4, 0.5) is 0 Å². The number of allylic oxidation sites excluding steroid dienone is 4. The van der Waals surface area contributed by atoms with Crippen molar-refractivity contribution in [2.45, 2.75) is 47.5 Å². The van der Waals surface area contributed by atoms with Gasteiger partial charge in [-0.25, -0.2) is 4.99 Å². The van der Waals surface area contributed by atoms with Crippen molar-refractivity contribution in [2.75, 3.05) is 20.1 Å². The number of aliphatic imine (C=N–C) groups is 1. The lowest BCUT2D eigenvalue weighted by molar-refractivity contribution is 0.410. The minimum Gasteiger partial charge on any atom is -0.336 e. The zero-order valence-electron chi connectivity index (χ0n) is 15.6. The van der Waals surface area contributed by atoms with Gasteiger partial charge in [0, 0.05) is 12.1 Å². The summed E-state index contributed by atoms with van der Waals surface area (Å²) in [7, 11) is 2.12. The highest BCUT2D eigenvalue weighted by Gasteiger charge is 2.16. The summed E-state index contributed by atoms with van der Waals surface area (Å²) in [6.07, 6.45) is 6.54. The van der Waals surface area contributed by atoms with E-state index in [9.17, 15) is 0 Å². The van der Waals surface area contributed by atoms with Crippen molar-refractivity contribution in [1.29, 1.82) is 0 Å². The molecule has 0 aromatic rings. The van der Waals surface area contributed by atoms with E-state index in [1.807, 2.05) is 0 Å². The van der Waals surface area contributed by atoms with Gasteiger partial charge >= 0.3 is 0 Å². The van der Waals surface area contributed by atoms with Crippen LogP contribution in [0.25, 0.3) is 0 Å². The molecule has 0 aromatic heterocycles. The Hall–Kier alpha value is -1.83. The van der Waals surface area contributed by atoms with Crippen molar-refractivity contribution in [1.82, 2.24) is 10.2 Å². The molecular weight excluding hydrogens is 282 g/mol. The van der Waals surface area contributed by atoms with Crippen LogP contribution in [0, 0.1) is 0 Å². The summed E-state index contributed by atoms with van der Waals surface area (Å²) in [5.41, 5.74) is 8.75. The number of likely N-dealkylation sites (N-methyl/N-ethyl adjacent to an activating group) is 1. The average Bonchev–Trinajstić information content (AvgIpc) is 2.50. The molecule has 0 aliphatic carbocycles. The molecule has 1 rings (SSSR count). The molecule has 1 aliphatic rings. The molecule has 0 amide bonds. The average molecular weight is 313 g/mol. The summed E-state index contributed by atoms with van der Waals surface area (Å²) in [6.45, 7) is 16.2. The largest absolute Gasteiger partial charge is 0.336 e. The lowest BCUT2D eigenvalue weighted by atomic mass is 10.1. The van der Waals surface area contributed by atoms with Crippen LogP contribution >= 0.6 is 0 Å². The standard InChI is InChI=1S/C20H31N3/c1-8-11-16(5)13-23(7)14-20-21-18(10-3)17(6)19(22-20)12-15(4)9-2/h11-12H,3,8-9,13-14H2,1-2,4-7H3,(H,21,22)/b15-12-,16-11-. The summed E-state index contributed by atoms with van der Waals surface area (Å²) in [6, 6.07) is 0. The second-order valence-electron chi connectivity index (χ2n) is 6.22. The summed E-state index contributed by atoms with van der Waals surface area (Å²) >= 11 is 0. The van der Waals surface area contributed by atoms with Gasteiger partial charge in [-0.1, -0.05) is 37.6 Å². The molecule has 0 aromatic carbocycles. The van der Waals surface area contributed by atoms with Crippen LogP contribution in [0.1, 0.15) is 47.5 Å². The van der Waals surface area contributed by atoms with Gasteiger partial charge in [-0.05, 0) is 46.7 Å². The van der Waals surface area contributed by atoms with Gasteiger partial charge in [0.15, 0.2) is 0 Å². The molecular formula is C20H31N3. The van der Waals surface area contributed by atoms with Crippen molar-refractivity contribution in [3.05, 3.63) is 52.6 Å². The molecule has 0 saturated carbocycles. The van der Waals surface area contributed by atoms with E-state index in [2.05, 4.69) is 76.3 Å². The Morgan fingerprint density at radius 3 is 2.57 bits per heavy atom. The number of amidine groups is 1. The Morgan fingerprint density at radius 2 is 2.00 bits per heavy atom. The predicted molar refractivity (Wildman–Crippen MR) is 102 cm³/mol. The molecule has 0 saturated heterocycles. The molecule has 3 nitrogen and oxygen atoms in total. The molecule has 1 aliphatic heterocycles. The van der Waals surface area contributed by atoms with Gasteiger partial charge in [-0.15, -0.1) is 5.73 Å². The van der Waals surface area contributed by atoms with E-state index in [1.54, 1.807) is 0 Å². The van der Waals surface area contributed by atoms with Gasteiger partial charge in [-0.3, -0.25) is 4.90 Å². The SMILES string of the molecule is C=C=C1NC(CN(C)C/C(C)=C\CC)=NC(/C=C(/C)CC)=C1C. The molecule has 0 fully saturated rings. The maximum atomic E-state index is 4.80. The third kappa shape index (κ3) is 6.05. The monoisotopic (exact) mass is 313 g/mol. The zero-order valence-corrected chi connectivity index (χ0v) is 15.6. The van der Waals surface area contributed by atoms with Gasteiger partial charge in [0.2, 0.25) is 0 Å². The molecule has 0 bridgehead atoms. The first-order chi connectivity index (χ1) is 10.9. The van der Waals surface area contributed by atoms with Gasteiger partial charge in [-0.2, -0.15) is 0 Å². The van der Waals surface area contributed by atoms with E-state index in [4.69, 9.17) is 4.99 Å². The summed E-state index contributed by atoms with van der Waals surface area (Å²) in [5.74, 6) is 0.948. The minimum atomic E-state index is 0.774. The fourth-order valence-corrected chi connectivity index (χ4v) is 2.50. The Balaban J connectivity index is 2.97. The lowest BCUT2D eigenvalue weighted by Crippen LogP contribution is -2.37. The van der Waals surface area contributed by atoms with Crippen molar-refractivity contribution < 1.29 is 0 Å². The van der Waals surface area contributed by atoms with Crippen molar-refractivity contribution in [2.24, 2.45) is 4.99 Å². The van der Waals surface area contributed by atoms with Crippen LogP contribution in [0.5, 0.6) is 0 Å². The molecule has 0 radical (unpaired) electrons. The van der Waals surface area contributed by atoms with E-state index >= 15 is 0 Å². The minimum absolute atomic E-state index is 0.774. The van der Waals surface area contributed by atoms with Crippen LogP contribution in [0.15, 0.2) is 57.6 Å². The van der Waals surface area contributed by atoms with Crippen LogP contribution in [0.2, 0.25) is 0 Å². The molecule has 3 heteroatoms. The number of nitrogens with zero attached hydrogens (tertiary/aromatic N) is 2. The summed E-state index contributed by atoms with van der Waals surface area (Å²) in [4.78, 5) is 7.07. The Labute approximate surface area is 141 Å². The van der Waals surface area contributed by atoms with Crippen LogP contribution in [-0.4, -0.2) is 30.9 Å². The predicted octanol–water partition coefficient (Wildman–Crippen LogP) is 4.58. The van der Waals surface area contributed by atoms with Gasteiger partial charge in [0.05, 0.1) is 17.9 Å². The van der Waals surface area contributed by atoms with Crippen LogP contribution in [-0.2, 0) is 0 Å². The number of nitrogens with one attached hydrogen (secondary N) is 1. The van der Waals surface area contributed by atoms with Crippen molar-refractivity contribution >= 4 is 5.84 Å². The highest BCUT2D eigenvalue weighted by Crippen LogP contribution is 2.20. The number of hydrogen-bond acceptors (Lipinski definition) is 3. The molecule has 0 spiro atoms. The van der Waals surface area contributed by atoms with Gasteiger partial charge in [0.1, 0.15) is 5.84 Å². The van der Waals surface area contributed by atoms with Gasteiger partial charge < -0.3 is 5.32 Å².